The minimum absolute atomic E-state index is 0.0635. The third-order valence-corrected chi connectivity index (χ3v) is 10.6. The molecule has 11 heteroatoms. The Morgan fingerprint density at radius 3 is 2.35 bits per heavy atom. The molecule has 1 fully saturated rings. The van der Waals surface area contributed by atoms with Gasteiger partial charge in [-0.3, -0.25) is 14.5 Å². The Morgan fingerprint density at radius 2 is 1.77 bits per heavy atom. The highest BCUT2D eigenvalue weighted by atomic mass is 19.3. The number of amides is 1. The van der Waals surface area contributed by atoms with Gasteiger partial charge in [-0.15, -0.1) is 0 Å². The lowest BCUT2D eigenvalue weighted by atomic mass is 9.89. The van der Waals surface area contributed by atoms with Crippen molar-refractivity contribution in [2.45, 2.75) is 78.9 Å². The molecule has 0 radical (unpaired) electrons. The quantitative estimate of drug-likeness (QED) is 0.184. The summed E-state index contributed by atoms with van der Waals surface area (Å²) in [6.07, 6.45) is 4.22. The van der Waals surface area contributed by atoms with E-state index < -0.39 is 18.5 Å². The van der Waals surface area contributed by atoms with Gasteiger partial charge in [0.05, 0.1) is 38.4 Å². The number of nitrogens with zero attached hydrogens (tertiary/aromatic N) is 5. The molecule has 0 saturated carbocycles. The highest BCUT2D eigenvalue weighted by Gasteiger charge is 2.47. The van der Waals surface area contributed by atoms with E-state index in [0.29, 0.717) is 42.1 Å². The number of hydrogen-bond acceptors (Lipinski definition) is 7. The normalized spacial score (nSPS) is 19.1. The zero-order valence-corrected chi connectivity index (χ0v) is 32.1. The maximum absolute atomic E-state index is 16.2. The Labute approximate surface area is 306 Å². The number of hydrogen-bond donors (Lipinski definition) is 0. The van der Waals surface area contributed by atoms with Gasteiger partial charge in [0, 0.05) is 56.7 Å². The number of nitriles is 1. The number of anilines is 1. The molecule has 5 rings (SSSR count). The summed E-state index contributed by atoms with van der Waals surface area (Å²) in [5.74, 6) is -2.30. The van der Waals surface area contributed by atoms with Crippen LogP contribution in [0.25, 0.3) is 11.1 Å². The summed E-state index contributed by atoms with van der Waals surface area (Å²) in [4.78, 5) is 31.1. The van der Waals surface area contributed by atoms with E-state index in [9.17, 15) is 14.9 Å². The second kappa shape index (κ2) is 14.7. The van der Waals surface area contributed by atoms with E-state index in [4.69, 9.17) is 9.47 Å². The van der Waals surface area contributed by atoms with Crippen molar-refractivity contribution in [3.63, 3.8) is 0 Å². The van der Waals surface area contributed by atoms with E-state index in [0.717, 1.165) is 33.5 Å². The monoisotopic (exact) mass is 715 g/mol. The fourth-order valence-corrected chi connectivity index (χ4v) is 7.75. The first kappa shape index (κ1) is 38.5. The molecule has 3 heterocycles. The van der Waals surface area contributed by atoms with Gasteiger partial charge in [0.2, 0.25) is 0 Å². The zero-order chi connectivity index (χ0) is 38.3. The topological polar surface area (TPSA) is 91.0 Å². The number of ether oxygens (including phenoxy) is 2. The van der Waals surface area contributed by atoms with Crippen LogP contribution in [0, 0.1) is 30.6 Å². The van der Waals surface area contributed by atoms with Crippen molar-refractivity contribution in [3.05, 3.63) is 86.3 Å². The fraction of sp³-hybridized carbons (Fsp3) is 0.488. The lowest BCUT2D eigenvalue weighted by Gasteiger charge is -2.44. The number of aromatic nitrogens is 1. The lowest BCUT2D eigenvalue weighted by molar-refractivity contribution is -0.129. The molecule has 1 amide bonds. The molecule has 0 N–H and O–H groups in total. The van der Waals surface area contributed by atoms with Gasteiger partial charge in [0.1, 0.15) is 23.1 Å². The number of benzene rings is 2. The standard InChI is InChI=1S/C41H51F2N5O4/c1-25-26(2)38(49)45(7)22-32(25)28-18-35(51-9)33(36(19-28)52-10)23-47-16-15-37(41(42,43)24-47)46(8)34-13-11-12-30-27(3)48(17-14-31(30)34)39(50)29(21-44)20-40(4,5)6/h11-13,18-20,22,27,37H,14-17,23-24H2,1-10H3/b29-20+. The van der Waals surface area contributed by atoms with Crippen molar-refractivity contribution in [2.24, 2.45) is 12.5 Å². The molecular weight excluding hydrogens is 664 g/mol. The van der Waals surface area contributed by atoms with Gasteiger partial charge in [-0.25, -0.2) is 8.78 Å². The van der Waals surface area contributed by atoms with E-state index >= 15 is 8.78 Å². The average Bonchev–Trinajstić information content (AvgIpc) is 3.10. The number of pyridine rings is 1. The Balaban J connectivity index is 1.36. The van der Waals surface area contributed by atoms with Gasteiger partial charge >= 0.3 is 0 Å². The smallest absolute Gasteiger partial charge is 0.280 e. The fourth-order valence-electron chi connectivity index (χ4n) is 7.75. The van der Waals surface area contributed by atoms with E-state index in [1.165, 1.54) is 0 Å². The predicted molar refractivity (Wildman–Crippen MR) is 200 cm³/mol. The van der Waals surface area contributed by atoms with E-state index in [1.807, 2.05) is 65.0 Å². The number of allylic oxidation sites excluding steroid dienone is 1. The van der Waals surface area contributed by atoms with Crippen molar-refractivity contribution >= 4 is 11.6 Å². The lowest BCUT2D eigenvalue weighted by Crippen LogP contribution is -2.57. The Hall–Kier alpha value is -4.69. The molecule has 278 valence electrons. The Bertz CT molecular complexity index is 1970. The number of halogens is 2. The van der Waals surface area contributed by atoms with Crippen LogP contribution in [0.2, 0.25) is 0 Å². The van der Waals surface area contributed by atoms with Crippen LogP contribution in [-0.4, -0.2) is 73.1 Å². The van der Waals surface area contributed by atoms with Crippen LogP contribution in [0.5, 0.6) is 11.5 Å². The van der Waals surface area contributed by atoms with Crippen LogP contribution >= 0.6 is 0 Å². The number of piperidine rings is 1. The second-order valence-electron chi connectivity index (χ2n) is 15.3. The van der Waals surface area contributed by atoms with Gasteiger partial charge in [-0.1, -0.05) is 39.0 Å². The number of rotatable bonds is 8. The Morgan fingerprint density at radius 1 is 1.12 bits per heavy atom. The molecule has 52 heavy (non-hydrogen) atoms. The second-order valence-corrected chi connectivity index (χ2v) is 15.3. The molecule has 3 aromatic rings. The number of alkyl halides is 2. The summed E-state index contributed by atoms with van der Waals surface area (Å²) >= 11 is 0. The largest absolute Gasteiger partial charge is 0.496 e. The van der Waals surface area contributed by atoms with Crippen LogP contribution < -0.4 is 19.9 Å². The number of carbonyl (C=O) groups excluding carboxylic acids is 1. The van der Waals surface area contributed by atoms with Crippen molar-refractivity contribution in [1.29, 1.82) is 5.26 Å². The third-order valence-electron chi connectivity index (χ3n) is 10.6. The molecule has 0 aliphatic carbocycles. The van der Waals surface area contributed by atoms with Gasteiger partial charge in [-0.05, 0) is 79.5 Å². The summed E-state index contributed by atoms with van der Waals surface area (Å²) in [7, 11) is 6.56. The molecule has 2 unspecified atom stereocenters. The number of carbonyl (C=O) groups is 1. The van der Waals surface area contributed by atoms with Gasteiger partial charge in [-0.2, -0.15) is 5.26 Å². The molecule has 2 aliphatic rings. The summed E-state index contributed by atoms with van der Waals surface area (Å²) < 4.78 is 45.6. The van der Waals surface area contributed by atoms with Crippen molar-refractivity contribution < 1.29 is 23.0 Å². The minimum atomic E-state index is -3.04. The van der Waals surface area contributed by atoms with Gasteiger partial charge in [0.25, 0.3) is 17.4 Å². The molecule has 1 saturated heterocycles. The van der Waals surface area contributed by atoms with Crippen LogP contribution in [0.15, 0.2) is 53.0 Å². The molecular formula is C41H51F2N5O4. The molecule has 2 atom stereocenters. The summed E-state index contributed by atoms with van der Waals surface area (Å²) in [6, 6.07) is 10.2. The Kier molecular flexibility index (Phi) is 10.9. The number of fused-ring (bicyclic) bond motifs is 1. The number of methoxy groups -OCH3 is 2. The summed E-state index contributed by atoms with van der Waals surface area (Å²) in [5.41, 5.74) is 6.17. The SMILES string of the molecule is COc1cc(-c2cn(C)c(=O)c(C)c2C)cc(OC)c1CN1CCC(N(C)c2cccc3c2CCN(C(=O)/C(C#N)=C/C(C)(C)C)C3C)C(F)(F)C1. The highest BCUT2D eigenvalue weighted by molar-refractivity contribution is 5.97. The first-order valence-electron chi connectivity index (χ1n) is 17.7. The maximum Gasteiger partial charge on any atom is 0.280 e. The first-order valence-corrected chi connectivity index (χ1v) is 17.7. The number of likely N-dealkylation sites (tertiary alicyclic amines) is 1. The van der Waals surface area contributed by atoms with E-state index in [1.54, 1.807) is 66.8 Å². The molecule has 2 aliphatic heterocycles. The predicted octanol–water partition coefficient (Wildman–Crippen LogP) is 6.97. The summed E-state index contributed by atoms with van der Waals surface area (Å²) in [5, 5.41) is 9.75. The third kappa shape index (κ3) is 7.45. The highest BCUT2D eigenvalue weighted by Crippen LogP contribution is 2.42. The van der Waals surface area contributed by atoms with Crippen LogP contribution in [0.4, 0.5) is 14.5 Å². The van der Waals surface area contributed by atoms with Crippen LogP contribution in [0.1, 0.15) is 68.0 Å². The minimum Gasteiger partial charge on any atom is -0.496 e. The number of aryl methyl sites for hydroxylation is 1. The molecule has 9 nitrogen and oxygen atoms in total. The van der Waals surface area contributed by atoms with Crippen LogP contribution in [-0.2, 0) is 24.8 Å². The van der Waals surface area contributed by atoms with Crippen molar-refractivity contribution in [3.8, 4) is 28.7 Å². The molecule has 1 aromatic heterocycles. The van der Waals surface area contributed by atoms with Crippen molar-refractivity contribution in [1.82, 2.24) is 14.4 Å². The first-order chi connectivity index (χ1) is 24.4. The van der Waals surface area contributed by atoms with E-state index in [2.05, 4.69) is 6.07 Å². The van der Waals surface area contributed by atoms with Gasteiger partial charge < -0.3 is 23.8 Å². The van der Waals surface area contributed by atoms with Crippen LogP contribution in [0.3, 0.4) is 0 Å². The molecule has 0 bridgehead atoms. The summed E-state index contributed by atoms with van der Waals surface area (Å²) in [6.45, 7) is 12.1. The van der Waals surface area contributed by atoms with Crippen molar-refractivity contribution in [2.75, 3.05) is 45.8 Å². The average molecular weight is 716 g/mol. The molecule has 0 spiro atoms. The maximum atomic E-state index is 16.2. The molecule has 2 aromatic carbocycles. The zero-order valence-electron chi connectivity index (χ0n) is 32.1. The van der Waals surface area contributed by atoms with E-state index in [-0.39, 0.29) is 41.5 Å². The van der Waals surface area contributed by atoms with Gasteiger partial charge in [0.15, 0.2) is 0 Å².